The summed E-state index contributed by atoms with van der Waals surface area (Å²) in [7, 11) is -0.952. The minimum absolute atomic E-state index is 0.0545. The molecule has 21 heavy (non-hydrogen) atoms. The van der Waals surface area contributed by atoms with Crippen LogP contribution in [0.4, 0.5) is 0 Å². The quantitative estimate of drug-likeness (QED) is 0.902. The van der Waals surface area contributed by atoms with Gasteiger partial charge in [0.05, 0.1) is 6.04 Å². The number of rotatable bonds is 5. The van der Waals surface area contributed by atoms with Gasteiger partial charge in [-0.3, -0.25) is 14.3 Å². The molecule has 6 heteroatoms. The summed E-state index contributed by atoms with van der Waals surface area (Å²) >= 11 is 5.92. The number of halogens is 1. The number of hydrogen-bond acceptors (Lipinski definition) is 3. The third-order valence-electron chi connectivity index (χ3n) is 3.87. The maximum atomic E-state index is 12.5. The molecule has 4 atom stereocenters. The Hall–Kier alpha value is -0.910. The lowest BCUT2D eigenvalue weighted by Crippen LogP contribution is -2.37. The van der Waals surface area contributed by atoms with Gasteiger partial charge in [0, 0.05) is 33.9 Å². The first-order chi connectivity index (χ1) is 9.93. The van der Waals surface area contributed by atoms with Gasteiger partial charge in [-0.15, -0.1) is 0 Å². The monoisotopic (exact) mass is 328 g/mol. The second-order valence-electron chi connectivity index (χ2n) is 5.38. The van der Waals surface area contributed by atoms with Crippen molar-refractivity contribution in [3.63, 3.8) is 0 Å². The predicted octanol–water partition coefficient (Wildman–Crippen LogP) is 2.32. The number of carbonyl (C=O) groups is 1. The van der Waals surface area contributed by atoms with Crippen LogP contribution >= 0.6 is 11.6 Å². The summed E-state index contributed by atoms with van der Waals surface area (Å²) in [5, 5.41) is 3.97. The Balaban J connectivity index is 2.25. The average Bonchev–Trinajstić information content (AvgIpc) is 2.76. The molecule has 4 nitrogen and oxygen atoms in total. The van der Waals surface area contributed by atoms with Gasteiger partial charge in [-0.1, -0.05) is 30.7 Å². The highest BCUT2D eigenvalue weighted by molar-refractivity contribution is 7.84. The van der Waals surface area contributed by atoms with E-state index in [4.69, 9.17) is 11.6 Å². The fourth-order valence-electron chi connectivity index (χ4n) is 2.47. The first-order valence-electron chi connectivity index (χ1n) is 7.08. The smallest absolute Gasteiger partial charge is 0.241 e. The molecular formula is C15H21ClN2O2S. The SMILES string of the molecule is CCC1NC(c2ccc(Cl)cc2)N(CC(C)S(C)=O)C1=O. The zero-order chi connectivity index (χ0) is 15.6. The minimum atomic E-state index is -0.952. The average molecular weight is 329 g/mol. The third-order valence-corrected chi connectivity index (χ3v) is 5.40. The van der Waals surface area contributed by atoms with Crippen LogP contribution in [0.15, 0.2) is 24.3 Å². The summed E-state index contributed by atoms with van der Waals surface area (Å²) in [5.41, 5.74) is 0.998. The van der Waals surface area contributed by atoms with Crippen molar-refractivity contribution in [3.05, 3.63) is 34.9 Å². The van der Waals surface area contributed by atoms with Crippen LogP contribution in [-0.4, -0.2) is 39.1 Å². The van der Waals surface area contributed by atoms with E-state index < -0.39 is 10.8 Å². The van der Waals surface area contributed by atoms with Crippen molar-refractivity contribution in [2.75, 3.05) is 12.8 Å². The van der Waals surface area contributed by atoms with Crippen molar-refractivity contribution < 1.29 is 9.00 Å². The number of amides is 1. The van der Waals surface area contributed by atoms with Crippen molar-refractivity contribution in [2.45, 2.75) is 37.7 Å². The highest BCUT2D eigenvalue weighted by atomic mass is 35.5. The summed E-state index contributed by atoms with van der Waals surface area (Å²) in [6.45, 7) is 4.37. The van der Waals surface area contributed by atoms with Gasteiger partial charge in [0.25, 0.3) is 0 Å². The molecule has 0 saturated carbocycles. The molecule has 1 aliphatic heterocycles. The van der Waals surface area contributed by atoms with Crippen molar-refractivity contribution in [2.24, 2.45) is 0 Å². The van der Waals surface area contributed by atoms with E-state index in [1.165, 1.54) is 0 Å². The molecule has 1 N–H and O–H groups in total. The molecule has 1 aromatic rings. The Morgan fingerprint density at radius 3 is 2.52 bits per heavy atom. The first kappa shape index (κ1) is 16.5. The molecule has 1 amide bonds. The van der Waals surface area contributed by atoms with Crippen LogP contribution in [-0.2, 0) is 15.6 Å². The van der Waals surface area contributed by atoms with Crippen LogP contribution in [0.3, 0.4) is 0 Å². The highest BCUT2D eigenvalue weighted by Gasteiger charge is 2.39. The normalized spacial score (nSPS) is 25.1. The van der Waals surface area contributed by atoms with E-state index in [0.717, 1.165) is 12.0 Å². The Labute approximate surface area is 133 Å². The lowest BCUT2D eigenvalue weighted by molar-refractivity contribution is -0.130. The molecule has 2 rings (SSSR count). The topological polar surface area (TPSA) is 49.4 Å². The number of nitrogens with zero attached hydrogens (tertiary/aromatic N) is 1. The second-order valence-corrected chi connectivity index (χ2v) is 7.62. The van der Waals surface area contributed by atoms with E-state index in [9.17, 15) is 9.00 Å². The summed E-state index contributed by atoms with van der Waals surface area (Å²) in [4.78, 5) is 14.3. The van der Waals surface area contributed by atoms with Gasteiger partial charge >= 0.3 is 0 Å². The lowest BCUT2D eigenvalue weighted by atomic mass is 10.1. The molecule has 1 heterocycles. The van der Waals surface area contributed by atoms with E-state index in [-0.39, 0.29) is 23.4 Å². The third kappa shape index (κ3) is 3.65. The van der Waals surface area contributed by atoms with Gasteiger partial charge in [0.1, 0.15) is 6.17 Å². The van der Waals surface area contributed by atoms with Crippen LogP contribution < -0.4 is 5.32 Å². The van der Waals surface area contributed by atoms with Crippen LogP contribution in [0, 0.1) is 0 Å². The molecule has 1 fully saturated rings. The van der Waals surface area contributed by atoms with E-state index in [1.807, 2.05) is 38.1 Å². The van der Waals surface area contributed by atoms with Gasteiger partial charge in [-0.25, -0.2) is 0 Å². The number of benzene rings is 1. The second kappa shape index (κ2) is 6.90. The fourth-order valence-corrected chi connectivity index (χ4v) is 2.97. The number of carbonyl (C=O) groups excluding carboxylic acids is 1. The molecule has 116 valence electrons. The number of hydrogen-bond donors (Lipinski definition) is 1. The Morgan fingerprint density at radius 1 is 1.38 bits per heavy atom. The maximum absolute atomic E-state index is 12.5. The maximum Gasteiger partial charge on any atom is 0.241 e. The van der Waals surface area contributed by atoms with Gasteiger partial charge in [0.15, 0.2) is 0 Å². The van der Waals surface area contributed by atoms with E-state index >= 15 is 0 Å². The predicted molar refractivity (Wildman–Crippen MR) is 86.6 cm³/mol. The summed E-state index contributed by atoms with van der Waals surface area (Å²) in [6, 6.07) is 7.31. The number of nitrogens with one attached hydrogen (secondary N) is 1. The highest BCUT2D eigenvalue weighted by Crippen LogP contribution is 2.28. The molecule has 0 aliphatic carbocycles. The molecule has 1 aromatic carbocycles. The molecular weight excluding hydrogens is 308 g/mol. The Kier molecular flexibility index (Phi) is 5.41. The van der Waals surface area contributed by atoms with Crippen molar-refractivity contribution >= 4 is 28.3 Å². The Bertz CT molecular complexity index is 535. The molecule has 1 saturated heterocycles. The van der Waals surface area contributed by atoms with E-state index in [2.05, 4.69) is 5.32 Å². The molecule has 4 unspecified atom stereocenters. The summed E-state index contributed by atoms with van der Waals surface area (Å²) in [6.07, 6.45) is 2.24. The van der Waals surface area contributed by atoms with Gasteiger partial charge in [0.2, 0.25) is 5.91 Å². The molecule has 0 bridgehead atoms. The van der Waals surface area contributed by atoms with Crippen molar-refractivity contribution in [3.8, 4) is 0 Å². The summed E-state index contributed by atoms with van der Waals surface area (Å²) < 4.78 is 11.6. The fraction of sp³-hybridized carbons (Fsp3) is 0.533. The van der Waals surface area contributed by atoms with Crippen LogP contribution in [0.5, 0.6) is 0 Å². The zero-order valence-corrected chi connectivity index (χ0v) is 14.1. The summed E-state index contributed by atoms with van der Waals surface area (Å²) in [5.74, 6) is 0.0785. The van der Waals surface area contributed by atoms with Crippen LogP contribution in [0.1, 0.15) is 32.0 Å². The minimum Gasteiger partial charge on any atom is -0.320 e. The van der Waals surface area contributed by atoms with E-state index in [0.29, 0.717) is 11.6 Å². The largest absolute Gasteiger partial charge is 0.320 e. The van der Waals surface area contributed by atoms with Crippen molar-refractivity contribution in [1.29, 1.82) is 0 Å². The van der Waals surface area contributed by atoms with Crippen molar-refractivity contribution in [1.82, 2.24) is 10.2 Å². The lowest BCUT2D eigenvalue weighted by Gasteiger charge is -2.26. The first-order valence-corrected chi connectivity index (χ1v) is 9.08. The molecule has 1 aliphatic rings. The zero-order valence-electron chi connectivity index (χ0n) is 12.5. The molecule has 0 spiro atoms. The standard InChI is InChI=1S/C15H21ClN2O2S/c1-4-13-15(19)18(9-10(2)21(3)20)14(17-13)11-5-7-12(16)8-6-11/h5-8,10,13-14,17H,4,9H2,1-3H3. The van der Waals surface area contributed by atoms with Gasteiger partial charge in [-0.05, 0) is 31.0 Å². The molecule has 0 aromatic heterocycles. The molecule has 0 radical (unpaired) electrons. The van der Waals surface area contributed by atoms with Gasteiger partial charge in [-0.2, -0.15) is 0 Å². The van der Waals surface area contributed by atoms with Gasteiger partial charge < -0.3 is 4.90 Å². The van der Waals surface area contributed by atoms with Crippen LogP contribution in [0.2, 0.25) is 5.02 Å². The van der Waals surface area contributed by atoms with E-state index in [1.54, 1.807) is 11.2 Å². The Morgan fingerprint density at radius 2 is 2.00 bits per heavy atom. The van der Waals surface area contributed by atoms with Crippen LogP contribution in [0.25, 0.3) is 0 Å².